The number of allylic oxidation sites excluding steroid dienone is 1. The Hall–Kier alpha value is 1.02. The molecule has 26 heavy (non-hydrogen) atoms. The Morgan fingerprint density at radius 3 is 2.46 bits per heavy atom. The van der Waals surface area contributed by atoms with Gasteiger partial charge in [-0.05, 0) is 62.5 Å². The number of hydrogen-bond acceptors (Lipinski definition) is 7. The second-order valence-electron chi connectivity index (χ2n) is 7.85. The summed E-state index contributed by atoms with van der Waals surface area (Å²) < 4.78 is 12.7. The first-order chi connectivity index (χ1) is 12.5. The lowest BCUT2D eigenvalue weighted by Gasteiger charge is -2.52. The topological polar surface area (TPSA) is 38.7 Å². The maximum absolute atomic E-state index is 11.2. The van der Waals surface area contributed by atoms with Crippen molar-refractivity contribution in [2.45, 2.75) is 71.6 Å². The number of aliphatic hydroxyl groups is 1. The Morgan fingerprint density at radius 2 is 1.85 bits per heavy atom. The first-order valence-corrected chi connectivity index (χ1v) is 13.6. The number of methoxy groups -OCH3 is 1. The van der Waals surface area contributed by atoms with Gasteiger partial charge < -0.3 is 14.6 Å². The second-order valence-corrected chi connectivity index (χ2v) is 14.2. The number of hydrogen-bond donors (Lipinski definition) is 1. The van der Waals surface area contributed by atoms with E-state index in [-0.39, 0.29) is 10.4 Å². The Labute approximate surface area is 174 Å². The van der Waals surface area contributed by atoms with Gasteiger partial charge in [0, 0.05) is 18.6 Å². The maximum Gasteiger partial charge on any atom is 0.181 e. The first kappa shape index (κ1) is 20.3. The largest absolute Gasteiger partial charge is 0.386 e. The molecule has 3 aliphatic heterocycles. The molecule has 0 amide bonds. The van der Waals surface area contributed by atoms with E-state index in [1.54, 1.807) is 7.11 Å². The Morgan fingerprint density at radius 1 is 1.12 bits per heavy atom. The summed E-state index contributed by atoms with van der Waals surface area (Å²) in [5.74, 6) is 4.89. The van der Waals surface area contributed by atoms with E-state index < -0.39 is 11.7 Å². The van der Waals surface area contributed by atoms with Gasteiger partial charge in [0.1, 0.15) is 10.2 Å². The molecule has 3 fully saturated rings. The summed E-state index contributed by atoms with van der Waals surface area (Å²) in [7, 11) is 1.75. The van der Waals surface area contributed by atoms with E-state index in [2.05, 4.69) is 36.5 Å². The Balaban J connectivity index is 1.46. The van der Waals surface area contributed by atoms with Crippen molar-refractivity contribution in [3.05, 3.63) is 11.6 Å². The molecule has 7 heteroatoms. The smallest absolute Gasteiger partial charge is 0.181 e. The van der Waals surface area contributed by atoms with Crippen LogP contribution in [0.5, 0.6) is 0 Å². The van der Waals surface area contributed by atoms with E-state index in [1.807, 2.05) is 23.5 Å². The summed E-state index contributed by atoms with van der Waals surface area (Å²) in [4.78, 5) is 0. The normalized spacial score (nSPS) is 37.7. The lowest BCUT2D eigenvalue weighted by Crippen LogP contribution is -2.57. The molecule has 3 heterocycles. The molecular formula is C19H30O3S4. The fraction of sp³-hybridized carbons (Fsp3) is 0.895. The quantitative estimate of drug-likeness (QED) is 0.643. The lowest BCUT2D eigenvalue weighted by atomic mass is 9.82. The second kappa shape index (κ2) is 8.04. The van der Waals surface area contributed by atoms with Crippen molar-refractivity contribution in [2.75, 3.05) is 30.1 Å². The predicted molar refractivity (Wildman–Crippen MR) is 117 cm³/mol. The van der Waals surface area contributed by atoms with E-state index in [0.29, 0.717) is 4.08 Å². The van der Waals surface area contributed by atoms with Gasteiger partial charge in [0.15, 0.2) is 6.29 Å². The molecule has 0 unspecified atom stereocenters. The van der Waals surface area contributed by atoms with Crippen LogP contribution in [0.25, 0.3) is 0 Å². The van der Waals surface area contributed by atoms with Gasteiger partial charge in [0.25, 0.3) is 0 Å². The summed E-state index contributed by atoms with van der Waals surface area (Å²) in [5.41, 5.74) is 0.637. The average Bonchev–Trinajstić information content (AvgIpc) is 3.13. The van der Waals surface area contributed by atoms with Crippen molar-refractivity contribution in [3.63, 3.8) is 0 Å². The van der Waals surface area contributed by atoms with Gasteiger partial charge in [-0.1, -0.05) is 6.08 Å². The fourth-order valence-electron chi connectivity index (χ4n) is 4.46. The van der Waals surface area contributed by atoms with Crippen LogP contribution >= 0.6 is 47.0 Å². The van der Waals surface area contributed by atoms with E-state index >= 15 is 0 Å². The van der Waals surface area contributed by atoms with Crippen molar-refractivity contribution in [3.8, 4) is 0 Å². The predicted octanol–water partition coefficient (Wildman–Crippen LogP) is 4.74. The van der Waals surface area contributed by atoms with Crippen LogP contribution in [0.2, 0.25) is 0 Å². The summed E-state index contributed by atoms with van der Waals surface area (Å²) in [5, 5.41) is 11.2. The molecule has 4 rings (SSSR count). The molecule has 0 aromatic heterocycles. The minimum absolute atomic E-state index is 0.00830. The van der Waals surface area contributed by atoms with Gasteiger partial charge in [-0.3, -0.25) is 0 Å². The van der Waals surface area contributed by atoms with E-state index in [9.17, 15) is 5.11 Å². The molecule has 0 aromatic rings. The molecular weight excluding hydrogens is 404 g/mol. The SMILES string of the molecule is CO[C@H]1O[C@](C)([C@@H](O)C2=CCC3(CC2)SCCS3)CCC12SCCCS2. The van der Waals surface area contributed by atoms with Gasteiger partial charge in [0.05, 0.1) is 9.68 Å². The van der Waals surface area contributed by atoms with Crippen LogP contribution in [-0.4, -0.2) is 61.4 Å². The van der Waals surface area contributed by atoms with Gasteiger partial charge >= 0.3 is 0 Å². The lowest BCUT2D eigenvalue weighted by molar-refractivity contribution is -0.244. The number of aliphatic hydroxyl groups excluding tert-OH is 1. The third kappa shape index (κ3) is 3.75. The Bertz CT molecular complexity index is 543. The number of rotatable bonds is 3. The molecule has 0 aromatic carbocycles. The zero-order valence-corrected chi connectivity index (χ0v) is 19.0. The summed E-state index contributed by atoms with van der Waals surface area (Å²) in [6.07, 6.45) is 7.97. The summed E-state index contributed by atoms with van der Waals surface area (Å²) >= 11 is 8.21. The third-order valence-electron chi connectivity index (χ3n) is 6.11. The molecule has 0 saturated carbocycles. The molecule has 3 atom stereocenters. The van der Waals surface area contributed by atoms with Crippen LogP contribution in [0.1, 0.15) is 45.4 Å². The highest BCUT2D eigenvalue weighted by atomic mass is 32.2. The van der Waals surface area contributed by atoms with Gasteiger partial charge in [-0.2, -0.15) is 0 Å². The zero-order chi connectivity index (χ0) is 18.3. The van der Waals surface area contributed by atoms with Crippen LogP contribution in [0, 0.1) is 0 Å². The van der Waals surface area contributed by atoms with Crippen LogP contribution in [0.4, 0.5) is 0 Å². The third-order valence-corrected chi connectivity index (χ3v) is 13.2. The molecule has 3 saturated heterocycles. The average molecular weight is 435 g/mol. The molecule has 148 valence electrons. The minimum atomic E-state index is -0.545. The van der Waals surface area contributed by atoms with E-state index in [1.165, 1.54) is 41.4 Å². The maximum atomic E-state index is 11.2. The van der Waals surface area contributed by atoms with Gasteiger partial charge in [0.2, 0.25) is 0 Å². The first-order valence-electron chi connectivity index (χ1n) is 9.64. The fourth-order valence-corrected chi connectivity index (χ4v) is 10.9. The molecule has 1 N–H and O–H groups in total. The van der Waals surface area contributed by atoms with Crippen molar-refractivity contribution in [1.82, 2.24) is 0 Å². The van der Waals surface area contributed by atoms with Crippen LogP contribution < -0.4 is 0 Å². The summed E-state index contributed by atoms with van der Waals surface area (Å²) in [6.45, 7) is 2.08. The van der Waals surface area contributed by atoms with Crippen LogP contribution in [0.3, 0.4) is 0 Å². The standard InChI is InChI=1S/C19H30O3S4/c1-17(8-9-19(16(21-2)22-17)25-10-3-11-26-19)15(20)14-4-6-18(7-5-14)23-12-13-24-18/h4,15-16,20H,3,5-13H2,1-2H3/t15-,16-,17-/m0/s1. The van der Waals surface area contributed by atoms with E-state index in [0.717, 1.165) is 25.7 Å². The van der Waals surface area contributed by atoms with Crippen molar-refractivity contribution < 1.29 is 14.6 Å². The summed E-state index contributed by atoms with van der Waals surface area (Å²) in [6, 6.07) is 0. The monoisotopic (exact) mass is 434 g/mol. The minimum Gasteiger partial charge on any atom is -0.386 e. The van der Waals surface area contributed by atoms with Crippen molar-refractivity contribution >= 4 is 47.0 Å². The van der Waals surface area contributed by atoms with Crippen molar-refractivity contribution in [1.29, 1.82) is 0 Å². The van der Waals surface area contributed by atoms with E-state index in [4.69, 9.17) is 9.47 Å². The molecule has 4 aliphatic rings. The van der Waals surface area contributed by atoms with Gasteiger partial charge in [-0.25, -0.2) is 0 Å². The molecule has 2 spiro atoms. The highest BCUT2D eigenvalue weighted by Gasteiger charge is 2.53. The van der Waals surface area contributed by atoms with Crippen molar-refractivity contribution in [2.24, 2.45) is 0 Å². The highest BCUT2D eigenvalue weighted by Crippen LogP contribution is 2.56. The Kier molecular flexibility index (Phi) is 6.27. The number of thioether (sulfide) groups is 4. The molecule has 1 aliphatic carbocycles. The number of ether oxygens (including phenoxy) is 2. The molecule has 0 bridgehead atoms. The van der Waals surface area contributed by atoms with Crippen LogP contribution in [0.15, 0.2) is 11.6 Å². The highest BCUT2D eigenvalue weighted by molar-refractivity contribution is 8.21. The zero-order valence-electron chi connectivity index (χ0n) is 15.7. The van der Waals surface area contributed by atoms with Crippen LogP contribution in [-0.2, 0) is 9.47 Å². The molecule has 3 nitrogen and oxygen atoms in total. The van der Waals surface area contributed by atoms with Gasteiger partial charge in [-0.15, -0.1) is 47.0 Å². The molecule has 0 radical (unpaired) electrons.